The van der Waals surface area contributed by atoms with E-state index in [4.69, 9.17) is 9.47 Å². The quantitative estimate of drug-likeness (QED) is 0.183. The predicted octanol–water partition coefficient (Wildman–Crippen LogP) is 7.90. The van der Waals surface area contributed by atoms with Crippen LogP contribution in [0.25, 0.3) is 16.7 Å². The fraction of sp³-hybridized carbons (Fsp3) is 0.258. The monoisotopic (exact) mass is 545 g/mol. The van der Waals surface area contributed by atoms with Crippen molar-refractivity contribution < 1.29 is 19.4 Å². The number of nitrogens with one attached hydrogen (secondary N) is 1. The topological polar surface area (TPSA) is 67.8 Å². The first-order valence-electron chi connectivity index (χ1n) is 12.5. The number of carbonyl (C=O) groups excluding carboxylic acids is 1. The van der Waals surface area contributed by atoms with Crippen LogP contribution in [0.2, 0.25) is 0 Å². The second-order valence-electron chi connectivity index (χ2n) is 10.1. The molecule has 0 saturated carbocycles. The number of aliphatic hydroxyl groups excluding tert-OH is 1. The lowest BCUT2D eigenvalue weighted by Gasteiger charge is -2.34. The van der Waals surface area contributed by atoms with Gasteiger partial charge in [-0.1, -0.05) is 18.2 Å². The number of methoxy groups -OCH3 is 1. The van der Waals surface area contributed by atoms with E-state index in [0.29, 0.717) is 22.8 Å². The maximum absolute atomic E-state index is 12.5. The average molecular weight is 546 g/mol. The summed E-state index contributed by atoms with van der Waals surface area (Å²) in [6, 6.07) is 17.2. The Kier molecular flexibility index (Phi) is 7.18. The lowest BCUT2D eigenvalue weighted by atomic mass is 9.82. The second kappa shape index (κ2) is 10.4. The third-order valence-electron chi connectivity index (χ3n) is 6.59. The van der Waals surface area contributed by atoms with E-state index >= 15 is 0 Å². The highest BCUT2D eigenvalue weighted by molar-refractivity contribution is 7.12. The number of ether oxygens (including phenoxy) is 2. The number of esters is 1. The summed E-state index contributed by atoms with van der Waals surface area (Å²) in [7, 11) is 1.60. The summed E-state index contributed by atoms with van der Waals surface area (Å²) in [6.07, 6.45) is 1.98. The number of aryl methyl sites for hydroxylation is 1. The van der Waals surface area contributed by atoms with Gasteiger partial charge >= 0.3 is 5.97 Å². The molecule has 0 aliphatic carbocycles. The zero-order chi connectivity index (χ0) is 27.0. The lowest BCUT2D eigenvalue weighted by molar-refractivity contribution is 0.0739. The van der Waals surface area contributed by atoms with Crippen molar-refractivity contribution in [2.75, 3.05) is 12.4 Å². The summed E-state index contributed by atoms with van der Waals surface area (Å²) in [6.45, 7) is 8.45. The Morgan fingerprint density at radius 3 is 2.55 bits per heavy atom. The standard InChI is InChI=1S/C31H31NO4S2/c1-18-17-31(3,4)32-24-13-12-23(29(28(18)24)25(33)16-21-10-8-19(2)38-21)22-11-9-20(15-26(22)35-5)36-30(34)27-7-6-14-37-27/h6-15,17,25,32-33H,16H2,1-5H3. The van der Waals surface area contributed by atoms with E-state index in [1.54, 1.807) is 36.6 Å². The molecule has 5 rings (SSSR count). The Balaban J connectivity index is 1.60. The largest absolute Gasteiger partial charge is 0.496 e. The van der Waals surface area contributed by atoms with Crippen LogP contribution >= 0.6 is 22.7 Å². The average Bonchev–Trinajstić information content (AvgIpc) is 3.55. The summed E-state index contributed by atoms with van der Waals surface area (Å²) in [5, 5.41) is 17.2. The molecular weight excluding hydrogens is 514 g/mol. The Morgan fingerprint density at radius 1 is 1.08 bits per heavy atom. The van der Waals surface area contributed by atoms with Gasteiger partial charge in [-0.3, -0.25) is 0 Å². The summed E-state index contributed by atoms with van der Waals surface area (Å²) >= 11 is 3.04. The molecule has 0 radical (unpaired) electrons. The fourth-order valence-corrected chi connectivity index (χ4v) is 6.65. The molecule has 0 saturated heterocycles. The van der Waals surface area contributed by atoms with E-state index < -0.39 is 12.1 Å². The minimum Gasteiger partial charge on any atom is -0.496 e. The van der Waals surface area contributed by atoms with Gasteiger partial charge in [-0.05, 0) is 86.2 Å². The van der Waals surface area contributed by atoms with E-state index in [-0.39, 0.29) is 5.54 Å². The number of allylic oxidation sites excluding steroid dienone is 1. The highest BCUT2D eigenvalue weighted by atomic mass is 32.1. The van der Waals surface area contributed by atoms with Crippen molar-refractivity contribution in [3.8, 4) is 22.6 Å². The van der Waals surface area contributed by atoms with Crippen molar-refractivity contribution in [2.45, 2.75) is 45.8 Å². The minimum atomic E-state index is -0.731. The van der Waals surface area contributed by atoms with Crippen molar-refractivity contribution in [2.24, 2.45) is 0 Å². The van der Waals surface area contributed by atoms with Gasteiger partial charge in [-0.25, -0.2) is 4.79 Å². The van der Waals surface area contributed by atoms with Crippen LogP contribution in [0.5, 0.6) is 11.5 Å². The van der Waals surface area contributed by atoms with Gasteiger partial charge in [-0.2, -0.15) is 0 Å². The molecule has 5 nitrogen and oxygen atoms in total. The van der Waals surface area contributed by atoms with Crippen molar-refractivity contribution >= 4 is 39.9 Å². The van der Waals surface area contributed by atoms with Gasteiger partial charge in [0, 0.05) is 39.1 Å². The molecule has 196 valence electrons. The Labute approximate surface area is 231 Å². The highest BCUT2D eigenvalue weighted by Gasteiger charge is 2.29. The molecular formula is C31H31NO4S2. The van der Waals surface area contributed by atoms with E-state index in [0.717, 1.165) is 38.4 Å². The van der Waals surface area contributed by atoms with Crippen LogP contribution in [0.1, 0.15) is 57.4 Å². The van der Waals surface area contributed by atoms with Gasteiger partial charge in [0.25, 0.3) is 0 Å². The Morgan fingerprint density at radius 2 is 1.87 bits per heavy atom. The smallest absolute Gasteiger partial charge is 0.353 e. The molecule has 0 spiro atoms. The van der Waals surface area contributed by atoms with E-state index in [9.17, 15) is 9.90 Å². The SMILES string of the molecule is COc1cc(OC(=O)c2cccs2)ccc1-c1ccc2c(c1C(O)Cc1ccc(C)s1)C(C)=CC(C)(C)N2. The molecule has 1 atom stereocenters. The van der Waals surface area contributed by atoms with Crippen LogP contribution in [0.4, 0.5) is 5.69 Å². The van der Waals surface area contributed by atoms with Gasteiger partial charge < -0.3 is 19.9 Å². The Bertz CT molecular complexity index is 1510. The van der Waals surface area contributed by atoms with Crippen molar-refractivity contribution in [1.82, 2.24) is 0 Å². The molecule has 1 unspecified atom stereocenters. The van der Waals surface area contributed by atoms with E-state index in [2.05, 4.69) is 57.3 Å². The van der Waals surface area contributed by atoms with Crippen LogP contribution in [0.15, 0.2) is 66.1 Å². The maximum Gasteiger partial charge on any atom is 0.353 e. The van der Waals surface area contributed by atoms with Gasteiger partial charge in [0.05, 0.1) is 18.8 Å². The van der Waals surface area contributed by atoms with Gasteiger partial charge in [-0.15, -0.1) is 22.7 Å². The third kappa shape index (κ3) is 5.27. The van der Waals surface area contributed by atoms with Crippen molar-refractivity contribution in [3.63, 3.8) is 0 Å². The number of carbonyl (C=O) groups is 1. The first-order chi connectivity index (χ1) is 18.1. The zero-order valence-electron chi connectivity index (χ0n) is 22.1. The summed E-state index contributed by atoms with van der Waals surface area (Å²) < 4.78 is 11.4. The normalized spacial score (nSPS) is 14.7. The lowest BCUT2D eigenvalue weighted by Crippen LogP contribution is -2.32. The molecule has 1 aliphatic heterocycles. The number of hydrogen-bond donors (Lipinski definition) is 2. The molecule has 4 aromatic rings. The van der Waals surface area contributed by atoms with Crippen LogP contribution < -0.4 is 14.8 Å². The van der Waals surface area contributed by atoms with Crippen LogP contribution in [-0.4, -0.2) is 23.7 Å². The minimum absolute atomic E-state index is 0.197. The number of rotatable bonds is 7. The van der Waals surface area contributed by atoms with Gasteiger partial charge in [0.15, 0.2) is 0 Å². The number of benzene rings is 2. The number of fused-ring (bicyclic) bond motifs is 1. The van der Waals surface area contributed by atoms with Crippen molar-refractivity contribution in [1.29, 1.82) is 0 Å². The van der Waals surface area contributed by atoms with Crippen LogP contribution in [0, 0.1) is 6.92 Å². The zero-order valence-corrected chi connectivity index (χ0v) is 23.8. The van der Waals surface area contributed by atoms with Gasteiger partial charge in [0.1, 0.15) is 16.4 Å². The van der Waals surface area contributed by atoms with Gasteiger partial charge in [0.2, 0.25) is 0 Å². The molecule has 0 fully saturated rings. The van der Waals surface area contributed by atoms with Crippen LogP contribution in [-0.2, 0) is 6.42 Å². The summed E-state index contributed by atoms with van der Waals surface area (Å²) in [4.78, 5) is 15.4. The summed E-state index contributed by atoms with van der Waals surface area (Å²) in [5.41, 5.74) is 5.48. The van der Waals surface area contributed by atoms with Crippen LogP contribution in [0.3, 0.4) is 0 Å². The molecule has 1 aliphatic rings. The van der Waals surface area contributed by atoms with Crippen molar-refractivity contribution in [3.05, 3.63) is 91.8 Å². The third-order valence-corrected chi connectivity index (χ3v) is 8.47. The molecule has 3 heterocycles. The fourth-order valence-electron chi connectivity index (χ4n) is 5.12. The van der Waals surface area contributed by atoms with E-state index in [1.165, 1.54) is 16.2 Å². The molecule has 2 N–H and O–H groups in total. The number of hydrogen-bond acceptors (Lipinski definition) is 7. The molecule has 0 bridgehead atoms. The predicted molar refractivity (Wildman–Crippen MR) is 157 cm³/mol. The molecule has 2 aromatic heterocycles. The maximum atomic E-state index is 12.5. The molecule has 0 amide bonds. The Hall–Kier alpha value is -3.39. The highest BCUT2D eigenvalue weighted by Crippen LogP contribution is 2.46. The molecule has 38 heavy (non-hydrogen) atoms. The first kappa shape index (κ1) is 26.2. The summed E-state index contributed by atoms with van der Waals surface area (Å²) in [5.74, 6) is 0.561. The van der Waals surface area contributed by atoms with E-state index in [1.807, 2.05) is 23.6 Å². The molecule has 2 aromatic carbocycles. The number of anilines is 1. The number of thiophene rings is 2. The molecule has 7 heteroatoms. The second-order valence-corrected chi connectivity index (χ2v) is 12.4. The first-order valence-corrected chi connectivity index (χ1v) is 14.2. The number of aliphatic hydroxyl groups is 1.